The van der Waals surface area contributed by atoms with E-state index >= 15 is 0 Å². The maximum atomic E-state index is 4.62. The summed E-state index contributed by atoms with van der Waals surface area (Å²) in [6, 6.07) is 16.6. The van der Waals surface area contributed by atoms with E-state index in [-0.39, 0.29) is 0 Å². The number of fused-ring (bicyclic) bond motifs is 3. The van der Waals surface area contributed by atoms with Gasteiger partial charge in [0.2, 0.25) is 5.78 Å². The second kappa shape index (κ2) is 3.90. The van der Waals surface area contributed by atoms with Crippen molar-refractivity contribution in [2.45, 2.75) is 6.92 Å². The second-order valence-corrected chi connectivity index (χ2v) is 5.50. The van der Waals surface area contributed by atoms with Gasteiger partial charge in [-0.05, 0) is 30.6 Å². The summed E-state index contributed by atoms with van der Waals surface area (Å²) in [5.41, 5.74) is 4.52. The maximum absolute atomic E-state index is 4.62. The first-order valence-electron chi connectivity index (χ1n) is 6.13. The first-order valence-corrected chi connectivity index (χ1v) is 6.90. The van der Waals surface area contributed by atoms with Gasteiger partial charge in [0.1, 0.15) is 5.01 Å². The largest absolute Gasteiger partial charge is 0.246 e. The Labute approximate surface area is 114 Å². The van der Waals surface area contributed by atoms with Crippen molar-refractivity contribution in [2.75, 3.05) is 0 Å². The van der Waals surface area contributed by atoms with Crippen LogP contribution in [0.4, 0.5) is 0 Å². The van der Waals surface area contributed by atoms with E-state index in [0.717, 1.165) is 27.4 Å². The number of aryl methyl sites for hydroxylation is 1. The van der Waals surface area contributed by atoms with Crippen molar-refractivity contribution in [3.63, 3.8) is 0 Å². The molecule has 0 atom stereocenters. The fourth-order valence-electron chi connectivity index (χ4n) is 2.16. The number of nitrogens with zero attached hydrogens (tertiary/aromatic N) is 3. The Balaban J connectivity index is 1.94. The predicted octanol–water partition coefficient (Wildman–Crippen LogP) is 3.92. The molecule has 19 heavy (non-hydrogen) atoms. The van der Waals surface area contributed by atoms with Gasteiger partial charge in [-0.2, -0.15) is 4.98 Å². The molecule has 0 aliphatic heterocycles. The smallest absolute Gasteiger partial charge is 0.229 e. The predicted molar refractivity (Wildman–Crippen MR) is 78.5 cm³/mol. The van der Waals surface area contributed by atoms with Gasteiger partial charge in [0.25, 0.3) is 0 Å². The van der Waals surface area contributed by atoms with Crippen LogP contribution in [0.25, 0.3) is 27.4 Å². The van der Waals surface area contributed by atoms with Gasteiger partial charge in [0.15, 0.2) is 0 Å². The van der Waals surface area contributed by atoms with Gasteiger partial charge in [-0.15, -0.1) is 0 Å². The minimum absolute atomic E-state index is 0.779. The third kappa shape index (κ3) is 1.64. The van der Waals surface area contributed by atoms with Crippen LogP contribution in [0.1, 0.15) is 5.56 Å². The van der Waals surface area contributed by atoms with Crippen molar-refractivity contribution in [1.82, 2.24) is 13.8 Å². The first-order chi connectivity index (χ1) is 9.31. The van der Waals surface area contributed by atoms with Gasteiger partial charge in [0, 0.05) is 5.56 Å². The van der Waals surface area contributed by atoms with Crippen LogP contribution in [-0.2, 0) is 0 Å². The maximum Gasteiger partial charge on any atom is 0.246 e. The molecule has 0 spiro atoms. The van der Waals surface area contributed by atoms with Gasteiger partial charge in [-0.3, -0.25) is 0 Å². The van der Waals surface area contributed by atoms with Crippen LogP contribution in [0.3, 0.4) is 0 Å². The zero-order valence-electron chi connectivity index (χ0n) is 10.4. The molecule has 4 aromatic rings. The summed E-state index contributed by atoms with van der Waals surface area (Å²) in [7, 11) is 0. The first kappa shape index (κ1) is 10.7. The average molecular weight is 265 g/mol. The number of benzene rings is 2. The highest BCUT2D eigenvalue weighted by Crippen LogP contribution is 2.27. The molecule has 2 aromatic carbocycles. The second-order valence-electron chi connectivity index (χ2n) is 4.57. The number of imidazole rings is 1. The van der Waals surface area contributed by atoms with Gasteiger partial charge >= 0.3 is 0 Å². The Bertz CT molecular complexity index is 871. The van der Waals surface area contributed by atoms with Gasteiger partial charge in [0.05, 0.1) is 11.0 Å². The third-order valence-electron chi connectivity index (χ3n) is 3.18. The van der Waals surface area contributed by atoms with Gasteiger partial charge < -0.3 is 0 Å². The van der Waals surface area contributed by atoms with Crippen molar-refractivity contribution in [2.24, 2.45) is 0 Å². The molecule has 0 aliphatic carbocycles. The normalized spacial score (nSPS) is 11.4. The summed E-state index contributed by atoms with van der Waals surface area (Å²) < 4.78 is 2.09. The summed E-state index contributed by atoms with van der Waals surface area (Å²) in [6.07, 6.45) is 0. The number of para-hydroxylation sites is 2. The van der Waals surface area contributed by atoms with Crippen molar-refractivity contribution < 1.29 is 0 Å². The van der Waals surface area contributed by atoms with Crippen molar-refractivity contribution in [3.8, 4) is 10.6 Å². The van der Waals surface area contributed by atoms with Crippen LogP contribution in [0.15, 0.2) is 48.5 Å². The molecule has 4 heteroatoms. The Kier molecular flexibility index (Phi) is 2.19. The number of rotatable bonds is 1. The summed E-state index contributed by atoms with van der Waals surface area (Å²) in [5.74, 6) is 0.779. The highest BCUT2D eigenvalue weighted by molar-refractivity contribution is 7.10. The molecular weight excluding hydrogens is 254 g/mol. The van der Waals surface area contributed by atoms with Crippen LogP contribution in [0, 0.1) is 6.92 Å². The molecule has 0 unspecified atom stereocenters. The average Bonchev–Trinajstić information content (AvgIpc) is 2.97. The number of aromatic nitrogens is 3. The molecule has 0 fully saturated rings. The minimum Gasteiger partial charge on any atom is -0.229 e. The van der Waals surface area contributed by atoms with Crippen LogP contribution >= 0.6 is 11.5 Å². The van der Waals surface area contributed by atoms with E-state index in [2.05, 4.69) is 51.0 Å². The fraction of sp³-hybridized carbons (Fsp3) is 0.0667. The Morgan fingerprint density at radius 3 is 2.58 bits per heavy atom. The molecule has 2 heterocycles. The van der Waals surface area contributed by atoms with E-state index in [1.807, 2.05) is 18.2 Å². The van der Waals surface area contributed by atoms with E-state index in [4.69, 9.17) is 0 Å². The van der Waals surface area contributed by atoms with Gasteiger partial charge in [-0.1, -0.05) is 42.0 Å². The van der Waals surface area contributed by atoms with Crippen LogP contribution in [0.5, 0.6) is 0 Å². The highest BCUT2D eigenvalue weighted by Gasteiger charge is 2.10. The molecule has 0 saturated carbocycles. The summed E-state index contributed by atoms with van der Waals surface area (Å²) in [5, 5.41) is 1.01. The summed E-state index contributed by atoms with van der Waals surface area (Å²) in [4.78, 5) is 9.16. The van der Waals surface area contributed by atoms with Crippen LogP contribution in [-0.4, -0.2) is 13.8 Å². The Morgan fingerprint density at radius 1 is 0.947 bits per heavy atom. The molecule has 0 aliphatic rings. The van der Waals surface area contributed by atoms with Crippen LogP contribution in [0.2, 0.25) is 0 Å². The van der Waals surface area contributed by atoms with E-state index < -0.39 is 0 Å². The monoisotopic (exact) mass is 265 g/mol. The van der Waals surface area contributed by atoms with Crippen LogP contribution < -0.4 is 0 Å². The number of hydrogen-bond acceptors (Lipinski definition) is 3. The molecule has 0 saturated heterocycles. The zero-order chi connectivity index (χ0) is 12.8. The molecular formula is C15H11N3S. The highest BCUT2D eigenvalue weighted by atomic mass is 32.1. The molecule has 4 rings (SSSR count). The molecule has 3 nitrogen and oxygen atoms in total. The van der Waals surface area contributed by atoms with Crippen molar-refractivity contribution >= 4 is 28.3 Å². The fourth-order valence-corrected chi connectivity index (χ4v) is 3.12. The third-order valence-corrected chi connectivity index (χ3v) is 4.22. The molecule has 2 aromatic heterocycles. The summed E-state index contributed by atoms with van der Waals surface area (Å²) in [6.45, 7) is 2.09. The quantitative estimate of drug-likeness (QED) is 0.522. The van der Waals surface area contributed by atoms with E-state index in [0.29, 0.717) is 0 Å². The van der Waals surface area contributed by atoms with E-state index in [1.54, 1.807) is 11.5 Å². The Morgan fingerprint density at radius 2 is 1.74 bits per heavy atom. The minimum atomic E-state index is 0.779. The lowest BCUT2D eigenvalue weighted by Crippen LogP contribution is -1.77. The number of hydrogen-bond donors (Lipinski definition) is 0. The van der Waals surface area contributed by atoms with Crippen molar-refractivity contribution in [3.05, 3.63) is 54.1 Å². The summed E-state index contributed by atoms with van der Waals surface area (Å²) >= 11 is 1.64. The van der Waals surface area contributed by atoms with E-state index in [9.17, 15) is 0 Å². The lowest BCUT2D eigenvalue weighted by molar-refractivity contribution is 1.29. The Hall–Kier alpha value is -2.20. The van der Waals surface area contributed by atoms with Crippen molar-refractivity contribution in [1.29, 1.82) is 0 Å². The lowest BCUT2D eigenvalue weighted by Gasteiger charge is -1.95. The van der Waals surface area contributed by atoms with Gasteiger partial charge in [-0.25, -0.2) is 8.77 Å². The van der Waals surface area contributed by atoms with E-state index in [1.165, 1.54) is 5.56 Å². The lowest BCUT2D eigenvalue weighted by atomic mass is 10.2. The molecule has 0 N–H and O–H groups in total. The topological polar surface area (TPSA) is 30.2 Å². The molecule has 0 bridgehead atoms. The standard InChI is InChI=1S/C15H11N3S/c1-10-6-8-11(9-7-10)14-17-15-16-12-4-2-3-5-13(12)18(15)19-14/h2-9H,1H3. The molecule has 92 valence electrons. The SMILES string of the molecule is Cc1ccc(-c2nc3nc4ccccc4n3s2)cc1. The molecule has 0 amide bonds. The zero-order valence-corrected chi connectivity index (χ0v) is 11.2. The molecule has 0 radical (unpaired) electrons.